The number of carbonyl (C=O) groups excluding carboxylic acids is 1. The minimum Gasteiger partial charge on any atom is -0.497 e. The number of nitrogens with two attached hydrogens (primary N) is 1. The molecule has 6 nitrogen and oxygen atoms in total. The highest BCUT2D eigenvalue weighted by Gasteiger charge is 2.16. The van der Waals surface area contributed by atoms with Crippen LogP contribution in [0.2, 0.25) is 0 Å². The van der Waals surface area contributed by atoms with Gasteiger partial charge in [0.25, 0.3) is 5.91 Å². The molecule has 0 saturated heterocycles. The minimum atomic E-state index is -0.156. The molecule has 1 rings (SSSR count). The molecule has 0 fully saturated rings. The highest BCUT2D eigenvalue weighted by atomic mass is 16.5. The summed E-state index contributed by atoms with van der Waals surface area (Å²) in [7, 11) is 1.57. The van der Waals surface area contributed by atoms with Crippen LogP contribution in [-0.4, -0.2) is 42.0 Å². The maximum atomic E-state index is 12.3. The lowest BCUT2D eigenvalue weighted by Gasteiger charge is -2.21. The Labute approximate surface area is 112 Å². The summed E-state index contributed by atoms with van der Waals surface area (Å²) in [6.07, 6.45) is 0.792. The largest absolute Gasteiger partial charge is 0.497 e. The fourth-order valence-corrected chi connectivity index (χ4v) is 1.67. The van der Waals surface area contributed by atoms with Crippen molar-refractivity contribution >= 4 is 11.7 Å². The number of hydrogen-bond donors (Lipinski definition) is 2. The fourth-order valence-electron chi connectivity index (χ4n) is 1.67. The van der Waals surface area contributed by atoms with Crippen LogP contribution in [0, 0.1) is 0 Å². The highest BCUT2D eigenvalue weighted by molar-refractivity contribution is 5.97. The Morgan fingerprint density at radius 3 is 2.53 bits per heavy atom. The number of oxime groups is 1. The van der Waals surface area contributed by atoms with E-state index in [4.69, 9.17) is 15.7 Å². The maximum Gasteiger partial charge on any atom is 0.254 e. The number of rotatable bonds is 6. The number of carbonyl (C=O) groups is 1. The minimum absolute atomic E-state index is 0.00955. The summed E-state index contributed by atoms with van der Waals surface area (Å²) in [6, 6.07) is 6.83. The van der Waals surface area contributed by atoms with Gasteiger partial charge in [0.2, 0.25) is 0 Å². The lowest BCUT2D eigenvalue weighted by atomic mass is 10.2. The van der Waals surface area contributed by atoms with E-state index in [-0.39, 0.29) is 18.3 Å². The molecule has 0 atom stereocenters. The number of benzene rings is 1. The van der Waals surface area contributed by atoms with Gasteiger partial charge in [0, 0.05) is 12.1 Å². The van der Waals surface area contributed by atoms with E-state index in [0.29, 0.717) is 17.9 Å². The Bertz CT molecular complexity index is 443. The second kappa shape index (κ2) is 7.25. The summed E-state index contributed by atoms with van der Waals surface area (Å²) in [5.41, 5.74) is 5.99. The average molecular weight is 265 g/mol. The second-order valence-corrected chi connectivity index (χ2v) is 4.05. The van der Waals surface area contributed by atoms with E-state index in [0.717, 1.165) is 6.42 Å². The second-order valence-electron chi connectivity index (χ2n) is 4.05. The zero-order chi connectivity index (χ0) is 14.3. The summed E-state index contributed by atoms with van der Waals surface area (Å²) in [6.45, 7) is 2.61. The third-order valence-corrected chi connectivity index (χ3v) is 2.60. The smallest absolute Gasteiger partial charge is 0.254 e. The van der Waals surface area contributed by atoms with Crippen LogP contribution in [0.5, 0.6) is 5.75 Å². The van der Waals surface area contributed by atoms with Crippen molar-refractivity contribution in [2.75, 3.05) is 20.2 Å². The monoisotopic (exact) mass is 265 g/mol. The van der Waals surface area contributed by atoms with Gasteiger partial charge in [0.1, 0.15) is 5.75 Å². The molecule has 6 heteroatoms. The molecular formula is C13H19N3O3. The van der Waals surface area contributed by atoms with Gasteiger partial charge in [-0.3, -0.25) is 4.79 Å². The molecule has 0 spiro atoms. The molecular weight excluding hydrogens is 246 g/mol. The molecule has 0 bridgehead atoms. The van der Waals surface area contributed by atoms with Crippen molar-refractivity contribution in [1.82, 2.24) is 4.90 Å². The average Bonchev–Trinajstić information content (AvgIpc) is 2.46. The van der Waals surface area contributed by atoms with Gasteiger partial charge in [0.15, 0.2) is 5.84 Å². The lowest BCUT2D eigenvalue weighted by molar-refractivity contribution is 0.0778. The van der Waals surface area contributed by atoms with E-state index in [9.17, 15) is 4.79 Å². The van der Waals surface area contributed by atoms with Crippen LogP contribution in [0.4, 0.5) is 0 Å². The molecule has 0 aromatic heterocycles. The van der Waals surface area contributed by atoms with Crippen LogP contribution in [0.25, 0.3) is 0 Å². The standard InChI is InChI=1S/C13H19N3O3/c1-3-8-16(9-12(14)15-18)13(17)10-4-6-11(19-2)7-5-10/h4-7,18H,3,8-9H2,1-2H3,(H2,14,15). The topological polar surface area (TPSA) is 88.1 Å². The Hall–Kier alpha value is -2.24. The lowest BCUT2D eigenvalue weighted by Crippen LogP contribution is -2.39. The molecule has 0 unspecified atom stereocenters. The van der Waals surface area contributed by atoms with Crippen LogP contribution < -0.4 is 10.5 Å². The number of amides is 1. The van der Waals surface area contributed by atoms with Crippen molar-refractivity contribution in [2.45, 2.75) is 13.3 Å². The van der Waals surface area contributed by atoms with E-state index in [1.54, 1.807) is 31.4 Å². The molecule has 19 heavy (non-hydrogen) atoms. The van der Waals surface area contributed by atoms with Gasteiger partial charge >= 0.3 is 0 Å². The molecule has 0 aliphatic carbocycles. The van der Waals surface area contributed by atoms with E-state index in [2.05, 4.69) is 5.16 Å². The number of hydrogen-bond acceptors (Lipinski definition) is 4. The van der Waals surface area contributed by atoms with Gasteiger partial charge in [-0.15, -0.1) is 0 Å². The van der Waals surface area contributed by atoms with E-state index >= 15 is 0 Å². The van der Waals surface area contributed by atoms with Crippen LogP contribution in [-0.2, 0) is 0 Å². The summed E-state index contributed by atoms with van der Waals surface area (Å²) >= 11 is 0. The van der Waals surface area contributed by atoms with E-state index in [1.807, 2.05) is 6.92 Å². The molecule has 104 valence electrons. The van der Waals surface area contributed by atoms with Crippen LogP contribution >= 0.6 is 0 Å². The number of nitrogens with zero attached hydrogens (tertiary/aromatic N) is 2. The van der Waals surface area contributed by atoms with Gasteiger partial charge in [-0.05, 0) is 30.7 Å². The molecule has 0 radical (unpaired) electrons. The third kappa shape index (κ3) is 4.17. The fraction of sp³-hybridized carbons (Fsp3) is 0.385. The molecule has 3 N–H and O–H groups in total. The maximum absolute atomic E-state index is 12.3. The number of methoxy groups -OCH3 is 1. The Balaban J connectivity index is 2.85. The molecule has 0 heterocycles. The van der Waals surface area contributed by atoms with Gasteiger partial charge in [-0.2, -0.15) is 0 Å². The van der Waals surface area contributed by atoms with Gasteiger partial charge in [0.05, 0.1) is 13.7 Å². The Morgan fingerprint density at radius 2 is 2.05 bits per heavy atom. The first kappa shape index (κ1) is 14.8. The normalized spacial score (nSPS) is 11.2. The molecule has 0 saturated carbocycles. The molecule has 1 aromatic carbocycles. The zero-order valence-corrected chi connectivity index (χ0v) is 11.2. The van der Waals surface area contributed by atoms with Crippen molar-refractivity contribution in [3.63, 3.8) is 0 Å². The highest BCUT2D eigenvalue weighted by Crippen LogP contribution is 2.13. The van der Waals surface area contributed by atoms with Crippen molar-refractivity contribution in [1.29, 1.82) is 0 Å². The molecule has 0 aliphatic rings. The first-order valence-electron chi connectivity index (χ1n) is 6.02. The van der Waals surface area contributed by atoms with Crippen molar-refractivity contribution in [2.24, 2.45) is 10.9 Å². The molecule has 1 amide bonds. The van der Waals surface area contributed by atoms with E-state index < -0.39 is 0 Å². The quantitative estimate of drug-likeness (QED) is 0.351. The Kier molecular flexibility index (Phi) is 5.66. The summed E-state index contributed by atoms with van der Waals surface area (Å²) in [5, 5.41) is 11.5. The predicted molar refractivity (Wildman–Crippen MR) is 72.6 cm³/mol. The summed E-state index contributed by atoms with van der Waals surface area (Å²) in [4.78, 5) is 13.8. The zero-order valence-electron chi connectivity index (χ0n) is 11.2. The van der Waals surface area contributed by atoms with Gasteiger partial charge < -0.3 is 20.6 Å². The van der Waals surface area contributed by atoms with Crippen molar-refractivity contribution < 1.29 is 14.7 Å². The van der Waals surface area contributed by atoms with Crippen molar-refractivity contribution in [3.05, 3.63) is 29.8 Å². The predicted octanol–water partition coefficient (Wildman–Crippen LogP) is 1.29. The van der Waals surface area contributed by atoms with E-state index in [1.165, 1.54) is 4.90 Å². The van der Waals surface area contributed by atoms with Crippen molar-refractivity contribution in [3.8, 4) is 5.75 Å². The number of ether oxygens (including phenoxy) is 1. The van der Waals surface area contributed by atoms with Gasteiger partial charge in [-0.1, -0.05) is 12.1 Å². The first-order valence-corrected chi connectivity index (χ1v) is 6.02. The molecule has 0 aliphatic heterocycles. The third-order valence-electron chi connectivity index (χ3n) is 2.60. The van der Waals surface area contributed by atoms with Crippen LogP contribution in [0.1, 0.15) is 23.7 Å². The first-order chi connectivity index (χ1) is 9.12. The van der Waals surface area contributed by atoms with Crippen LogP contribution in [0.3, 0.4) is 0 Å². The summed E-state index contributed by atoms with van der Waals surface area (Å²) < 4.78 is 5.04. The van der Waals surface area contributed by atoms with Crippen LogP contribution in [0.15, 0.2) is 29.4 Å². The SMILES string of the molecule is CCCN(CC(N)=NO)C(=O)c1ccc(OC)cc1. The van der Waals surface area contributed by atoms with Gasteiger partial charge in [-0.25, -0.2) is 0 Å². The summed E-state index contributed by atoms with van der Waals surface area (Å²) in [5.74, 6) is 0.543. The Morgan fingerprint density at radius 1 is 1.42 bits per heavy atom. The molecule has 1 aromatic rings. The number of amidine groups is 1.